The fourth-order valence-electron chi connectivity index (χ4n) is 0.955. The Kier molecular flexibility index (Phi) is 3.30. The van der Waals surface area contributed by atoms with Gasteiger partial charge in [-0.1, -0.05) is 0 Å². The van der Waals surface area contributed by atoms with E-state index in [2.05, 4.69) is 17.5 Å². The maximum absolute atomic E-state index is 10.6. The summed E-state index contributed by atoms with van der Waals surface area (Å²) < 4.78 is 0. The predicted octanol–water partition coefficient (Wildman–Crippen LogP) is 1.66. The molecule has 0 unspecified atom stereocenters. The molecule has 1 aromatic carbocycles. The van der Waals surface area contributed by atoms with Crippen molar-refractivity contribution in [2.24, 2.45) is 0 Å². The maximum atomic E-state index is 10.6. The van der Waals surface area contributed by atoms with Crippen LogP contribution in [0.2, 0.25) is 0 Å². The van der Waals surface area contributed by atoms with Crippen molar-refractivity contribution in [2.45, 2.75) is 11.5 Å². The molecule has 0 saturated carbocycles. The van der Waals surface area contributed by atoms with E-state index in [4.69, 9.17) is 10.4 Å². The van der Waals surface area contributed by atoms with Gasteiger partial charge in [-0.25, -0.2) is 9.68 Å². The van der Waals surface area contributed by atoms with E-state index >= 15 is 0 Å². The molecule has 0 atom stereocenters. The van der Waals surface area contributed by atoms with Gasteiger partial charge >= 0.3 is 5.97 Å². The van der Waals surface area contributed by atoms with Crippen molar-refractivity contribution in [2.75, 3.05) is 0 Å². The second-order valence-corrected chi connectivity index (χ2v) is 2.98. The fourth-order valence-corrected chi connectivity index (χ4v) is 1.26. The number of thiol groups is 1. The molecule has 4 nitrogen and oxygen atoms in total. The quantitative estimate of drug-likeness (QED) is 0.394. The van der Waals surface area contributed by atoms with E-state index < -0.39 is 5.97 Å². The molecule has 0 aliphatic carbocycles. The van der Waals surface area contributed by atoms with Crippen molar-refractivity contribution in [3.8, 4) is 0 Å². The van der Waals surface area contributed by atoms with Gasteiger partial charge in [0.15, 0.2) is 0 Å². The van der Waals surface area contributed by atoms with Gasteiger partial charge in [0.25, 0.3) is 0 Å². The number of carbonyl (C=O) groups is 1. The van der Waals surface area contributed by atoms with Gasteiger partial charge in [-0.15, -0.1) is 12.6 Å². The van der Waals surface area contributed by atoms with Crippen LogP contribution in [0.15, 0.2) is 23.1 Å². The van der Waals surface area contributed by atoms with Crippen LogP contribution in [-0.4, -0.2) is 16.3 Å². The van der Waals surface area contributed by atoms with Crippen molar-refractivity contribution in [1.82, 2.24) is 0 Å². The van der Waals surface area contributed by atoms with Crippen LogP contribution in [-0.2, 0) is 11.5 Å². The predicted molar refractivity (Wildman–Crippen MR) is 48.1 cm³/mol. The zero-order valence-electron chi connectivity index (χ0n) is 6.60. The Morgan fingerprint density at radius 2 is 2.15 bits per heavy atom. The van der Waals surface area contributed by atoms with Gasteiger partial charge in [0.1, 0.15) is 6.61 Å². The van der Waals surface area contributed by atoms with Gasteiger partial charge in [-0.3, -0.25) is 5.26 Å². The van der Waals surface area contributed by atoms with Gasteiger partial charge in [0, 0.05) is 4.90 Å². The van der Waals surface area contributed by atoms with Crippen molar-refractivity contribution in [1.29, 1.82) is 0 Å². The van der Waals surface area contributed by atoms with Crippen molar-refractivity contribution in [3.63, 3.8) is 0 Å². The highest BCUT2D eigenvalue weighted by Gasteiger charge is 2.05. The van der Waals surface area contributed by atoms with Crippen LogP contribution in [0.1, 0.15) is 15.9 Å². The minimum absolute atomic E-state index is 0.0469. The van der Waals surface area contributed by atoms with Gasteiger partial charge < -0.3 is 5.11 Å². The summed E-state index contributed by atoms with van der Waals surface area (Å²) in [7, 11) is 0. The maximum Gasteiger partial charge on any atom is 0.335 e. The first-order valence-electron chi connectivity index (χ1n) is 3.46. The molecule has 0 amide bonds. The summed E-state index contributed by atoms with van der Waals surface area (Å²) in [5.41, 5.74) is 0.687. The lowest BCUT2D eigenvalue weighted by molar-refractivity contribution is -0.253. The van der Waals surface area contributed by atoms with E-state index in [1.54, 1.807) is 6.07 Å². The highest BCUT2D eigenvalue weighted by Crippen LogP contribution is 2.14. The Labute approximate surface area is 80.1 Å². The molecule has 1 rings (SSSR count). The smallest absolute Gasteiger partial charge is 0.335 e. The normalized spacial score (nSPS) is 10.0. The molecule has 70 valence electrons. The highest BCUT2D eigenvalue weighted by molar-refractivity contribution is 7.80. The van der Waals surface area contributed by atoms with Crippen molar-refractivity contribution < 1.29 is 20.0 Å². The topological polar surface area (TPSA) is 66.8 Å². The van der Waals surface area contributed by atoms with Crippen LogP contribution < -0.4 is 0 Å². The zero-order chi connectivity index (χ0) is 9.84. The first-order chi connectivity index (χ1) is 6.13. The summed E-state index contributed by atoms with van der Waals surface area (Å²) in [6.45, 7) is -0.0469. The molecule has 0 spiro atoms. The number of hydrogen-bond donors (Lipinski definition) is 3. The Hall–Kier alpha value is -1.04. The van der Waals surface area contributed by atoms with Gasteiger partial charge in [-0.05, 0) is 23.8 Å². The van der Waals surface area contributed by atoms with E-state index in [-0.39, 0.29) is 12.2 Å². The molecule has 0 heterocycles. The summed E-state index contributed by atoms with van der Waals surface area (Å²) in [4.78, 5) is 15.0. The lowest BCUT2D eigenvalue weighted by Crippen LogP contribution is -1.98. The molecular weight excluding hydrogens is 192 g/mol. The molecule has 0 bridgehead atoms. The molecule has 0 aromatic heterocycles. The van der Waals surface area contributed by atoms with Crippen LogP contribution in [0.5, 0.6) is 0 Å². The minimum atomic E-state index is -1.03. The molecule has 1 aromatic rings. The highest BCUT2D eigenvalue weighted by atomic mass is 32.1. The lowest BCUT2D eigenvalue weighted by Gasteiger charge is -2.01. The van der Waals surface area contributed by atoms with Gasteiger partial charge in [-0.2, -0.15) is 0 Å². The van der Waals surface area contributed by atoms with E-state index in [9.17, 15) is 4.79 Å². The van der Waals surface area contributed by atoms with Crippen LogP contribution in [0.4, 0.5) is 0 Å². The van der Waals surface area contributed by atoms with Gasteiger partial charge in [0.2, 0.25) is 0 Å². The monoisotopic (exact) mass is 200 g/mol. The molecule has 5 heteroatoms. The fraction of sp³-hybridized carbons (Fsp3) is 0.125. The third kappa shape index (κ3) is 2.73. The zero-order valence-corrected chi connectivity index (χ0v) is 7.49. The first-order valence-corrected chi connectivity index (χ1v) is 3.91. The molecule has 0 aliphatic heterocycles. The minimum Gasteiger partial charge on any atom is -0.478 e. The lowest BCUT2D eigenvalue weighted by atomic mass is 10.1. The average molecular weight is 200 g/mol. The summed E-state index contributed by atoms with van der Waals surface area (Å²) >= 11 is 4.01. The van der Waals surface area contributed by atoms with Crippen LogP contribution in [0, 0.1) is 0 Å². The van der Waals surface area contributed by atoms with E-state index in [1.165, 1.54) is 12.1 Å². The molecular formula is C8H8O4S. The molecule has 0 fully saturated rings. The van der Waals surface area contributed by atoms with Crippen LogP contribution in [0.25, 0.3) is 0 Å². The number of aromatic carboxylic acids is 1. The Morgan fingerprint density at radius 3 is 2.69 bits per heavy atom. The largest absolute Gasteiger partial charge is 0.478 e. The summed E-state index contributed by atoms with van der Waals surface area (Å²) in [6.07, 6.45) is 0. The Bertz CT molecular complexity index is 324. The Balaban J connectivity index is 3.03. The third-order valence-electron chi connectivity index (χ3n) is 1.46. The first kappa shape index (κ1) is 10.0. The molecule has 2 N–H and O–H groups in total. The van der Waals surface area contributed by atoms with Crippen LogP contribution >= 0.6 is 12.6 Å². The third-order valence-corrected chi connectivity index (χ3v) is 1.71. The second-order valence-electron chi connectivity index (χ2n) is 2.47. The summed E-state index contributed by atoms with van der Waals surface area (Å²) in [5, 5.41) is 16.8. The number of benzene rings is 1. The van der Waals surface area contributed by atoms with E-state index in [0.29, 0.717) is 10.5 Å². The van der Waals surface area contributed by atoms with Crippen LogP contribution in [0.3, 0.4) is 0 Å². The number of rotatable bonds is 3. The number of hydrogen-bond acceptors (Lipinski definition) is 4. The van der Waals surface area contributed by atoms with Crippen molar-refractivity contribution in [3.05, 3.63) is 29.3 Å². The molecule has 0 saturated heterocycles. The SMILES string of the molecule is O=C(O)c1cc(S)cc(COO)c1. The molecule has 0 radical (unpaired) electrons. The standard InChI is InChI=1S/C8H8O4S/c9-8(10)6-1-5(4-12-11)2-7(13)3-6/h1-3,11,13H,4H2,(H,9,10). The van der Waals surface area contributed by atoms with Gasteiger partial charge in [0.05, 0.1) is 5.56 Å². The molecule has 0 aliphatic rings. The van der Waals surface area contributed by atoms with E-state index in [1.807, 2.05) is 0 Å². The summed E-state index contributed by atoms with van der Waals surface area (Å²) in [5.74, 6) is -1.03. The summed E-state index contributed by atoms with van der Waals surface area (Å²) in [6, 6.07) is 4.45. The number of carboxylic acids is 1. The Morgan fingerprint density at radius 1 is 1.46 bits per heavy atom. The number of carboxylic acid groups (broad SMARTS) is 1. The van der Waals surface area contributed by atoms with E-state index in [0.717, 1.165) is 0 Å². The molecule has 13 heavy (non-hydrogen) atoms. The van der Waals surface area contributed by atoms with Crippen molar-refractivity contribution >= 4 is 18.6 Å². The second kappa shape index (κ2) is 4.27. The average Bonchev–Trinajstić information content (AvgIpc) is 2.03.